The maximum Gasteiger partial charge on any atom is 0.262 e. The van der Waals surface area contributed by atoms with E-state index in [9.17, 15) is 10.1 Å². The van der Waals surface area contributed by atoms with Gasteiger partial charge in [-0.3, -0.25) is 9.78 Å². The molecule has 7 nitrogen and oxygen atoms in total. The van der Waals surface area contributed by atoms with Crippen molar-refractivity contribution < 1.29 is 9.53 Å². The molecule has 34 heavy (non-hydrogen) atoms. The van der Waals surface area contributed by atoms with E-state index < -0.39 is 5.91 Å². The summed E-state index contributed by atoms with van der Waals surface area (Å²) in [5.41, 5.74) is 4.88. The molecule has 0 saturated carbocycles. The molecule has 1 amide bonds. The van der Waals surface area contributed by atoms with Gasteiger partial charge in [0.2, 0.25) is 0 Å². The molecule has 0 spiro atoms. The number of carbonyl (C=O) groups is 1. The third-order valence-corrected chi connectivity index (χ3v) is 5.29. The van der Waals surface area contributed by atoms with Crippen LogP contribution in [0.1, 0.15) is 16.7 Å². The summed E-state index contributed by atoms with van der Waals surface area (Å²) in [6.45, 7) is 2.25. The van der Waals surface area contributed by atoms with Crippen molar-refractivity contribution >= 4 is 12.0 Å². The van der Waals surface area contributed by atoms with Crippen molar-refractivity contribution in [3.05, 3.63) is 102 Å². The molecule has 0 fully saturated rings. The monoisotopic (exact) mass is 449 g/mol. The molecule has 168 valence electrons. The van der Waals surface area contributed by atoms with Crippen LogP contribution in [0, 0.1) is 18.3 Å². The molecule has 7 heteroatoms. The second-order valence-electron chi connectivity index (χ2n) is 7.61. The molecule has 2 aromatic heterocycles. The third-order valence-electron chi connectivity index (χ3n) is 5.29. The molecule has 4 aromatic rings. The van der Waals surface area contributed by atoms with Crippen LogP contribution in [0.4, 0.5) is 0 Å². The lowest BCUT2D eigenvalue weighted by Gasteiger charge is -2.07. The average molecular weight is 450 g/mol. The van der Waals surface area contributed by atoms with Crippen molar-refractivity contribution in [2.45, 2.75) is 13.5 Å². The van der Waals surface area contributed by atoms with Gasteiger partial charge >= 0.3 is 0 Å². The number of ether oxygens (including phenoxy) is 1. The first-order valence-corrected chi connectivity index (χ1v) is 10.7. The molecule has 2 aromatic carbocycles. The molecule has 2 heterocycles. The summed E-state index contributed by atoms with van der Waals surface area (Å²) in [5, 5.41) is 17.3. The quantitative estimate of drug-likeness (QED) is 0.332. The smallest absolute Gasteiger partial charge is 0.262 e. The fourth-order valence-corrected chi connectivity index (χ4v) is 3.53. The summed E-state index contributed by atoms with van der Waals surface area (Å²) >= 11 is 0. The van der Waals surface area contributed by atoms with E-state index in [0.717, 1.165) is 28.1 Å². The van der Waals surface area contributed by atoms with Crippen molar-refractivity contribution in [2.24, 2.45) is 0 Å². The van der Waals surface area contributed by atoms with Crippen molar-refractivity contribution in [2.75, 3.05) is 7.11 Å². The van der Waals surface area contributed by atoms with Crippen LogP contribution in [-0.4, -0.2) is 27.8 Å². The molecular formula is C27H23N5O2. The highest BCUT2D eigenvalue weighted by Crippen LogP contribution is 2.30. The van der Waals surface area contributed by atoms with E-state index in [1.807, 2.05) is 73.8 Å². The fourth-order valence-electron chi connectivity index (χ4n) is 3.53. The van der Waals surface area contributed by atoms with Gasteiger partial charge in [0.1, 0.15) is 23.1 Å². The summed E-state index contributed by atoms with van der Waals surface area (Å²) in [6, 6.07) is 21.1. The number of nitrogens with zero attached hydrogens (tertiary/aromatic N) is 4. The Hall–Kier alpha value is -4.70. The summed E-state index contributed by atoms with van der Waals surface area (Å²) in [5.74, 6) is 0.282. The van der Waals surface area contributed by atoms with E-state index in [4.69, 9.17) is 9.84 Å². The van der Waals surface area contributed by atoms with Gasteiger partial charge in [-0.2, -0.15) is 10.4 Å². The lowest BCUT2D eigenvalue weighted by molar-refractivity contribution is -0.117. The average Bonchev–Trinajstić information content (AvgIpc) is 3.30. The number of carbonyl (C=O) groups excluding carboxylic acids is 1. The number of benzene rings is 2. The van der Waals surface area contributed by atoms with Gasteiger partial charge in [0, 0.05) is 36.3 Å². The highest BCUT2D eigenvalue weighted by Gasteiger charge is 2.17. The number of amides is 1. The molecule has 0 aliphatic rings. The minimum atomic E-state index is -0.462. The number of aromatic nitrogens is 3. The maximum atomic E-state index is 12.8. The van der Waals surface area contributed by atoms with E-state index >= 15 is 0 Å². The number of rotatable bonds is 7. The lowest BCUT2D eigenvalue weighted by Crippen LogP contribution is -2.24. The molecule has 0 bridgehead atoms. The van der Waals surface area contributed by atoms with Crippen LogP contribution in [-0.2, 0) is 11.3 Å². The predicted molar refractivity (Wildman–Crippen MR) is 130 cm³/mol. The number of nitrogens with one attached hydrogen (secondary N) is 1. The van der Waals surface area contributed by atoms with Crippen LogP contribution in [0.15, 0.2) is 84.8 Å². The Bertz CT molecular complexity index is 1370. The summed E-state index contributed by atoms with van der Waals surface area (Å²) in [6.07, 6.45) is 6.73. The van der Waals surface area contributed by atoms with Gasteiger partial charge < -0.3 is 10.1 Å². The summed E-state index contributed by atoms with van der Waals surface area (Å²) < 4.78 is 7.07. The van der Waals surface area contributed by atoms with Crippen molar-refractivity contribution in [3.8, 4) is 28.8 Å². The lowest BCUT2D eigenvalue weighted by atomic mass is 10.0. The molecule has 0 aliphatic carbocycles. The van der Waals surface area contributed by atoms with Crippen LogP contribution in [0.3, 0.4) is 0 Å². The molecule has 0 radical (unpaired) electrons. The number of aryl methyl sites for hydroxylation is 1. The summed E-state index contributed by atoms with van der Waals surface area (Å²) in [4.78, 5) is 16.8. The molecule has 0 saturated heterocycles. The zero-order valence-corrected chi connectivity index (χ0v) is 18.9. The second kappa shape index (κ2) is 10.3. The first-order valence-electron chi connectivity index (χ1n) is 10.7. The first kappa shape index (κ1) is 22.5. The SMILES string of the molecule is COc1ccc(-c2nn(-c3ccccc3)cc2C=C(C#N)C(=O)NCc2cccnc2)c(C)c1. The van der Waals surface area contributed by atoms with Gasteiger partial charge in [0.25, 0.3) is 5.91 Å². The van der Waals surface area contributed by atoms with Gasteiger partial charge in [-0.05, 0) is 60.5 Å². The normalized spacial score (nSPS) is 11.0. The van der Waals surface area contributed by atoms with Crippen LogP contribution in [0.25, 0.3) is 23.0 Å². The summed E-state index contributed by atoms with van der Waals surface area (Å²) in [7, 11) is 1.62. The van der Waals surface area contributed by atoms with E-state index in [0.29, 0.717) is 11.3 Å². The highest BCUT2D eigenvalue weighted by atomic mass is 16.5. The zero-order valence-electron chi connectivity index (χ0n) is 18.9. The molecule has 0 unspecified atom stereocenters. The molecule has 4 rings (SSSR count). The van der Waals surface area contributed by atoms with Crippen LogP contribution in [0.2, 0.25) is 0 Å². The maximum absolute atomic E-state index is 12.8. The standard InChI is InChI=1S/C27H23N5O2/c1-19-13-24(34-2)10-11-25(19)26-22(18-32(31-26)23-8-4-3-5-9-23)14-21(15-28)27(33)30-17-20-7-6-12-29-16-20/h3-14,16,18H,17H2,1-2H3,(H,30,33). The fraction of sp³-hybridized carbons (Fsp3) is 0.111. The van der Waals surface area contributed by atoms with E-state index in [1.54, 1.807) is 36.3 Å². The molecule has 0 atom stereocenters. The van der Waals surface area contributed by atoms with Gasteiger partial charge in [0.15, 0.2) is 0 Å². The van der Waals surface area contributed by atoms with Crippen molar-refractivity contribution in [3.63, 3.8) is 0 Å². The minimum absolute atomic E-state index is 0.0103. The van der Waals surface area contributed by atoms with Crippen molar-refractivity contribution in [1.82, 2.24) is 20.1 Å². The Labute approximate surface area is 198 Å². The van der Waals surface area contributed by atoms with Crippen LogP contribution >= 0.6 is 0 Å². The number of hydrogen-bond donors (Lipinski definition) is 1. The Kier molecular flexibility index (Phi) is 6.80. The zero-order chi connectivity index (χ0) is 23.9. The first-order chi connectivity index (χ1) is 16.6. The molecular weight excluding hydrogens is 426 g/mol. The number of hydrogen-bond acceptors (Lipinski definition) is 5. The van der Waals surface area contributed by atoms with Gasteiger partial charge in [-0.25, -0.2) is 4.68 Å². The topological polar surface area (TPSA) is 92.8 Å². The number of nitriles is 1. The third kappa shape index (κ3) is 5.03. The minimum Gasteiger partial charge on any atom is -0.497 e. The Balaban J connectivity index is 1.73. The second-order valence-corrected chi connectivity index (χ2v) is 7.61. The molecule has 0 aliphatic heterocycles. The number of para-hydroxylation sites is 1. The number of methoxy groups -OCH3 is 1. The van der Waals surface area contributed by atoms with Crippen LogP contribution in [0.5, 0.6) is 5.75 Å². The molecule has 1 N–H and O–H groups in total. The highest BCUT2D eigenvalue weighted by molar-refractivity contribution is 6.02. The largest absolute Gasteiger partial charge is 0.497 e. The van der Waals surface area contributed by atoms with Crippen molar-refractivity contribution in [1.29, 1.82) is 5.26 Å². The van der Waals surface area contributed by atoms with Crippen LogP contribution < -0.4 is 10.1 Å². The van der Waals surface area contributed by atoms with E-state index in [2.05, 4.69) is 10.3 Å². The van der Waals surface area contributed by atoms with Gasteiger partial charge in [-0.15, -0.1) is 0 Å². The predicted octanol–water partition coefficient (Wildman–Crippen LogP) is 4.47. The number of pyridine rings is 1. The van der Waals surface area contributed by atoms with Gasteiger partial charge in [0.05, 0.1) is 12.8 Å². The Morgan fingerprint density at radius 3 is 2.68 bits per heavy atom. The van der Waals surface area contributed by atoms with E-state index in [-0.39, 0.29) is 12.1 Å². The Morgan fingerprint density at radius 2 is 2.00 bits per heavy atom. The van der Waals surface area contributed by atoms with Gasteiger partial charge in [-0.1, -0.05) is 24.3 Å². The van der Waals surface area contributed by atoms with E-state index in [1.165, 1.54) is 0 Å². The Morgan fingerprint density at radius 1 is 1.18 bits per heavy atom.